The molecule has 4 rings (SSSR count). The Morgan fingerprint density at radius 2 is 1.90 bits per heavy atom. The molecule has 1 fully saturated rings. The summed E-state index contributed by atoms with van der Waals surface area (Å²) in [5, 5.41) is 8.67. The van der Waals surface area contributed by atoms with Gasteiger partial charge in [-0.25, -0.2) is 0 Å². The number of hydrogen-bond acceptors (Lipinski definition) is 7. The molecule has 30 heavy (non-hydrogen) atoms. The SMILES string of the molecule is COc1ccc(-c2noc(CN3CCN(C(=O)c4c(C)nn(C)c4Cl)CC3)n2)cc1. The Labute approximate surface area is 179 Å². The second kappa shape index (κ2) is 8.45. The van der Waals surface area contributed by atoms with E-state index in [2.05, 4.69) is 20.1 Å². The fourth-order valence-electron chi connectivity index (χ4n) is 3.51. The Morgan fingerprint density at radius 3 is 2.50 bits per heavy atom. The van der Waals surface area contributed by atoms with Crippen LogP contribution < -0.4 is 4.74 Å². The van der Waals surface area contributed by atoms with E-state index in [0.29, 0.717) is 60.8 Å². The van der Waals surface area contributed by atoms with Crippen LogP contribution in [-0.4, -0.2) is 68.9 Å². The van der Waals surface area contributed by atoms with Crippen LogP contribution in [0.2, 0.25) is 5.15 Å². The molecular formula is C20H23ClN6O3. The van der Waals surface area contributed by atoms with Crippen LogP contribution in [-0.2, 0) is 13.6 Å². The van der Waals surface area contributed by atoms with Crippen LogP contribution in [0.4, 0.5) is 0 Å². The molecule has 3 aromatic rings. The number of aromatic nitrogens is 4. The highest BCUT2D eigenvalue weighted by atomic mass is 35.5. The van der Waals surface area contributed by atoms with Crippen molar-refractivity contribution in [1.82, 2.24) is 29.7 Å². The second-order valence-corrected chi connectivity index (χ2v) is 7.54. The van der Waals surface area contributed by atoms with Crippen molar-refractivity contribution in [3.63, 3.8) is 0 Å². The quantitative estimate of drug-likeness (QED) is 0.613. The second-order valence-electron chi connectivity index (χ2n) is 7.18. The Bertz CT molecular complexity index is 1040. The number of rotatable bonds is 5. The molecule has 0 bridgehead atoms. The van der Waals surface area contributed by atoms with Crippen LogP contribution in [0.1, 0.15) is 21.9 Å². The molecule has 0 aliphatic carbocycles. The molecule has 0 spiro atoms. The summed E-state index contributed by atoms with van der Waals surface area (Å²) in [6.07, 6.45) is 0. The Hall–Kier alpha value is -2.91. The van der Waals surface area contributed by atoms with Gasteiger partial charge in [-0.3, -0.25) is 14.4 Å². The molecule has 0 atom stereocenters. The number of carbonyl (C=O) groups is 1. The number of piperazine rings is 1. The van der Waals surface area contributed by atoms with Crippen molar-refractivity contribution < 1.29 is 14.1 Å². The van der Waals surface area contributed by atoms with Crippen LogP contribution in [0.15, 0.2) is 28.8 Å². The smallest absolute Gasteiger partial charge is 0.258 e. The molecule has 3 heterocycles. The lowest BCUT2D eigenvalue weighted by atomic mass is 10.2. The lowest BCUT2D eigenvalue weighted by Gasteiger charge is -2.33. The predicted octanol–water partition coefficient (Wildman–Crippen LogP) is 2.40. The van der Waals surface area contributed by atoms with E-state index in [1.807, 2.05) is 29.2 Å². The molecule has 1 saturated heterocycles. The van der Waals surface area contributed by atoms with Crippen LogP contribution in [0, 0.1) is 6.92 Å². The number of methoxy groups -OCH3 is 1. The molecule has 9 nitrogen and oxygen atoms in total. The zero-order valence-electron chi connectivity index (χ0n) is 17.1. The first-order valence-corrected chi connectivity index (χ1v) is 10.0. The van der Waals surface area contributed by atoms with Gasteiger partial charge in [0.05, 0.1) is 24.9 Å². The molecule has 0 unspecified atom stereocenters. The molecule has 1 aliphatic heterocycles. The third-order valence-corrected chi connectivity index (χ3v) is 5.63. The number of carbonyl (C=O) groups excluding carboxylic acids is 1. The molecule has 1 amide bonds. The van der Waals surface area contributed by atoms with Gasteiger partial charge in [-0.1, -0.05) is 16.8 Å². The molecule has 0 saturated carbocycles. The average molecular weight is 431 g/mol. The normalized spacial score (nSPS) is 14.9. The monoisotopic (exact) mass is 430 g/mol. The van der Waals surface area contributed by atoms with Gasteiger partial charge in [0.2, 0.25) is 11.7 Å². The van der Waals surface area contributed by atoms with E-state index in [-0.39, 0.29) is 5.91 Å². The minimum Gasteiger partial charge on any atom is -0.497 e. The number of benzene rings is 1. The molecule has 1 aliphatic rings. The highest BCUT2D eigenvalue weighted by molar-refractivity contribution is 6.33. The number of amides is 1. The maximum Gasteiger partial charge on any atom is 0.258 e. The van der Waals surface area contributed by atoms with Gasteiger partial charge in [0.25, 0.3) is 5.91 Å². The fraction of sp³-hybridized carbons (Fsp3) is 0.400. The van der Waals surface area contributed by atoms with Gasteiger partial charge in [-0.15, -0.1) is 0 Å². The van der Waals surface area contributed by atoms with Crippen LogP contribution in [0.5, 0.6) is 5.75 Å². The van der Waals surface area contributed by atoms with Gasteiger partial charge in [0.15, 0.2) is 0 Å². The van der Waals surface area contributed by atoms with Crippen molar-refractivity contribution >= 4 is 17.5 Å². The largest absolute Gasteiger partial charge is 0.497 e. The molecule has 0 radical (unpaired) electrons. The van der Waals surface area contributed by atoms with Gasteiger partial charge in [0.1, 0.15) is 10.9 Å². The first-order valence-electron chi connectivity index (χ1n) is 9.64. The number of hydrogen-bond donors (Lipinski definition) is 0. The summed E-state index contributed by atoms with van der Waals surface area (Å²) in [4.78, 5) is 21.3. The molecule has 1 aromatic carbocycles. The van der Waals surface area contributed by atoms with Crippen LogP contribution in [0.25, 0.3) is 11.4 Å². The maximum absolute atomic E-state index is 12.8. The summed E-state index contributed by atoms with van der Waals surface area (Å²) in [7, 11) is 3.36. The lowest BCUT2D eigenvalue weighted by Crippen LogP contribution is -2.48. The van der Waals surface area contributed by atoms with Gasteiger partial charge in [-0.05, 0) is 31.2 Å². The van der Waals surface area contributed by atoms with Gasteiger partial charge >= 0.3 is 0 Å². The van der Waals surface area contributed by atoms with E-state index in [9.17, 15) is 4.79 Å². The third-order valence-electron chi connectivity index (χ3n) is 5.20. The van der Waals surface area contributed by atoms with Crippen molar-refractivity contribution in [2.45, 2.75) is 13.5 Å². The van der Waals surface area contributed by atoms with Crippen molar-refractivity contribution in [2.75, 3.05) is 33.3 Å². The summed E-state index contributed by atoms with van der Waals surface area (Å²) < 4.78 is 12.1. The summed E-state index contributed by atoms with van der Waals surface area (Å²) in [6, 6.07) is 7.50. The molecule has 158 valence electrons. The summed E-state index contributed by atoms with van der Waals surface area (Å²) in [6.45, 7) is 4.96. The Morgan fingerprint density at radius 1 is 1.20 bits per heavy atom. The maximum atomic E-state index is 12.8. The topological polar surface area (TPSA) is 89.5 Å². The molecule has 10 heteroatoms. The number of aryl methyl sites for hydroxylation is 2. The van der Waals surface area contributed by atoms with E-state index in [0.717, 1.165) is 11.3 Å². The van der Waals surface area contributed by atoms with Crippen LogP contribution in [0.3, 0.4) is 0 Å². The Kier molecular flexibility index (Phi) is 5.74. The number of halogens is 1. The van der Waals surface area contributed by atoms with E-state index in [4.69, 9.17) is 20.9 Å². The van der Waals surface area contributed by atoms with Crippen molar-refractivity contribution in [2.24, 2.45) is 7.05 Å². The first-order chi connectivity index (χ1) is 14.5. The molecular weight excluding hydrogens is 408 g/mol. The van der Waals surface area contributed by atoms with Gasteiger partial charge in [0, 0.05) is 38.8 Å². The summed E-state index contributed by atoms with van der Waals surface area (Å²) >= 11 is 6.24. The highest BCUT2D eigenvalue weighted by Crippen LogP contribution is 2.22. The van der Waals surface area contributed by atoms with E-state index in [1.54, 1.807) is 21.1 Å². The van der Waals surface area contributed by atoms with E-state index < -0.39 is 0 Å². The molecule has 2 aromatic heterocycles. The lowest BCUT2D eigenvalue weighted by molar-refractivity contribution is 0.0614. The minimum atomic E-state index is -0.0789. The summed E-state index contributed by atoms with van der Waals surface area (Å²) in [5.74, 6) is 1.79. The third kappa shape index (κ3) is 4.03. The van der Waals surface area contributed by atoms with Crippen molar-refractivity contribution in [3.8, 4) is 17.1 Å². The van der Waals surface area contributed by atoms with Crippen molar-refractivity contribution in [3.05, 3.63) is 46.6 Å². The fourth-order valence-corrected chi connectivity index (χ4v) is 3.76. The van der Waals surface area contributed by atoms with Gasteiger partial charge < -0.3 is 14.2 Å². The Balaban J connectivity index is 1.35. The predicted molar refractivity (Wildman–Crippen MR) is 110 cm³/mol. The molecule has 0 N–H and O–H groups in total. The number of ether oxygens (including phenoxy) is 1. The average Bonchev–Trinajstić information content (AvgIpc) is 3.32. The zero-order valence-corrected chi connectivity index (χ0v) is 17.9. The van der Waals surface area contributed by atoms with E-state index >= 15 is 0 Å². The first kappa shape index (κ1) is 20.4. The van der Waals surface area contributed by atoms with Gasteiger partial charge in [-0.2, -0.15) is 10.1 Å². The van der Waals surface area contributed by atoms with Crippen LogP contribution >= 0.6 is 11.6 Å². The summed E-state index contributed by atoms with van der Waals surface area (Å²) in [5.41, 5.74) is 1.99. The van der Waals surface area contributed by atoms with Crippen molar-refractivity contribution in [1.29, 1.82) is 0 Å². The standard InChI is InChI=1S/C20H23ClN6O3/c1-13-17(18(21)25(2)23-13)20(28)27-10-8-26(9-11-27)12-16-22-19(24-30-16)14-4-6-15(29-3)7-5-14/h4-7H,8-12H2,1-3H3. The minimum absolute atomic E-state index is 0.0789. The zero-order chi connectivity index (χ0) is 21.3. The van der Waals surface area contributed by atoms with E-state index in [1.165, 1.54) is 4.68 Å². The number of nitrogens with zero attached hydrogens (tertiary/aromatic N) is 6. The highest BCUT2D eigenvalue weighted by Gasteiger charge is 2.27.